The van der Waals surface area contributed by atoms with E-state index in [4.69, 9.17) is 10.2 Å². The first kappa shape index (κ1) is 29.5. The molecule has 0 aliphatic carbocycles. The Morgan fingerprint density at radius 1 is 1.13 bits per heavy atom. The first-order valence-corrected chi connectivity index (χ1v) is 4.65. The molecule has 0 aromatic heterocycles. The van der Waals surface area contributed by atoms with Gasteiger partial charge in [-0.05, 0) is 31.4 Å². The van der Waals surface area contributed by atoms with Crippen LogP contribution in [-0.4, -0.2) is 63.8 Å². The van der Waals surface area contributed by atoms with Crippen molar-refractivity contribution in [3.05, 3.63) is 0 Å². The molecule has 0 aromatic carbocycles. The number of ether oxygens (including phenoxy) is 1. The molecule has 0 amide bonds. The summed E-state index contributed by atoms with van der Waals surface area (Å²) in [5, 5.41) is 14.1. The number of aliphatic hydroxyl groups excluding tert-OH is 2. The molecule has 8 heteroatoms. The molecule has 0 saturated heterocycles. The molecule has 0 fully saturated rings. The van der Waals surface area contributed by atoms with Gasteiger partial charge in [-0.3, -0.25) is 0 Å². The number of hydrogen-bond acceptors (Lipinski definition) is 3. The molecule has 0 aliphatic rings. The number of methoxy groups -OCH3 is 1. The van der Waals surface area contributed by atoms with Gasteiger partial charge in [0.05, 0.1) is 0 Å². The minimum absolute atomic E-state index is 0. The van der Waals surface area contributed by atoms with E-state index in [-0.39, 0.29) is 29.6 Å². The van der Waals surface area contributed by atoms with E-state index >= 15 is 0 Å². The molecule has 0 rings (SSSR count). The third kappa shape index (κ3) is 1220. The van der Waals surface area contributed by atoms with E-state index in [0.29, 0.717) is 0 Å². The van der Waals surface area contributed by atoms with Crippen LogP contribution in [-0.2, 0) is 4.74 Å². The van der Waals surface area contributed by atoms with Crippen molar-refractivity contribution >= 4 is 64.3 Å². The predicted molar refractivity (Wildman–Crippen MR) is 74.9 cm³/mol. The number of thiocarbonyl (C=S) groups is 2. The molecule has 0 unspecified atom stereocenters. The number of nitrogens with two attached hydrogens (primary N) is 2. The van der Waals surface area contributed by atoms with E-state index in [9.17, 15) is 0 Å². The van der Waals surface area contributed by atoms with Crippen molar-refractivity contribution in [3.8, 4) is 0 Å². The predicted octanol–water partition coefficient (Wildman–Crippen LogP) is 0.606. The standard InChI is InChI=1S/C3H8O.C2H6.2CH3NOS.Na.H/c1-3-4-2;1-2;2*2-1(3)4;;/h3H2,1-2H3;1-2H3;2*(H3,2,3,4);;. The van der Waals surface area contributed by atoms with E-state index < -0.39 is 10.3 Å². The monoisotopic (exact) mass is 268 g/mol. The van der Waals surface area contributed by atoms with Gasteiger partial charge in [0.2, 0.25) is 0 Å². The van der Waals surface area contributed by atoms with Crippen molar-refractivity contribution in [2.45, 2.75) is 20.8 Å². The summed E-state index contributed by atoms with van der Waals surface area (Å²) < 4.78 is 4.54. The molecule has 0 radical (unpaired) electrons. The van der Waals surface area contributed by atoms with Crippen molar-refractivity contribution in [1.29, 1.82) is 0 Å². The van der Waals surface area contributed by atoms with Crippen molar-refractivity contribution < 1.29 is 14.9 Å². The van der Waals surface area contributed by atoms with Gasteiger partial charge in [0.1, 0.15) is 0 Å². The van der Waals surface area contributed by atoms with Crippen molar-refractivity contribution in [2.24, 2.45) is 11.5 Å². The van der Waals surface area contributed by atoms with Crippen LogP contribution in [0.4, 0.5) is 0 Å². The summed E-state index contributed by atoms with van der Waals surface area (Å²) in [5.41, 5.74) is 8.80. The molecule has 0 aliphatic heterocycles. The molecule has 0 saturated carbocycles. The minimum atomic E-state index is -0.500. The van der Waals surface area contributed by atoms with Crippen molar-refractivity contribution in [2.75, 3.05) is 13.7 Å². The zero-order valence-corrected chi connectivity index (χ0v) is 10.6. The maximum absolute atomic E-state index is 7.56. The van der Waals surface area contributed by atoms with Gasteiger partial charge in [-0.15, -0.1) is 0 Å². The summed E-state index contributed by atoms with van der Waals surface area (Å²) in [6, 6.07) is 0. The van der Waals surface area contributed by atoms with E-state index in [1.54, 1.807) is 7.11 Å². The molecule has 0 bridgehead atoms. The van der Waals surface area contributed by atoms with Crippen LogP contribution in [0.2, 0.25) is 0 Å². The second-order valence-electron chi connectivity index (χ2n) is 1.25. The van der Waals surface area contributed by atoms with Crippen LogP contribution in [0.1, 0.15) is 20.8 Å². The molecule has 15 heavy (non-hydrogen) atoms. The van der Waals surface area contributed by atoms with Crippen molar-refractivity contribution in [3.63, 3.8) is 0 Å². The molecule has 90 valence electrons. The second kappa shape index (κ2) is 36.7. The van der Waals surface area contributed by atoms with Gasteiger partial charge in [-0.25, -0.2) is 0 Å². The van der Waals surface area contributed by atoms with Crippen LogP contribution in [0.15, 0.2) is 0 Å². The van der Waals surface area contributed by atoms with Crippen LogP contribution < -0.4 is 11.5 Å². The fourth-order valence-electron chi connectivity index (χ4n) is 0. The fraction of sp³-hybridized carbons (Fsp3) is 0.714. The topological polar surface area (TPSA) is 102 Å². The normalized spacial score (nSPS) is 5.60. The molecule has 0 heterocycles. The Balaban J connectivity index is -0.0000000298. The summed E-state index contributed by atoms with van der Waals surface area (Å²) in [7, 11) is 1.68. The summed E-state index contributed by atoms with van der Waals surface area (Å²) >= 11 is 7.74. The third-order valence-corrected chi connectivity index (χ3v) is 0.289. The van der Waals surface area contributed by atoms with Gasteiger partial charge in [0.25, 0.3) is 10.3 Å². The third-order valence-electron chi connectivity index (χ3n) is 0.289. The Labute approximate surface area is 124 Å². The Morgan fingerprint density at radius 2 is 1.20 bits per heavy atom. The maximum atomic E-state index is 7.56. The molecule has 0 atom stereocenters. The second-order valence-corrected chi connectivity index (χ2v) is 2.09. The van der Waals surface area contributed by atoms with Crippen molar-refractivity contribution in [1.82, 2.24) is 0 Å². The van der Waals surface area contributed by atoms with Gasteiger partial charge >= 0.3 is 29.6 Å². The Bertz CT molecular complexity index is 107. The van der Waals surface area contributed by atoms with Crippen LogP contribution in [0.5, 0.6) is 0 Å². The van der Waals surface area contributed by atoms with E-state index in [1.807, 2.05) is 20.8 Å². The van der Waals surface area contributed by atoms with E-state index in [1.165, 1.54) is 0 Å². The van der Waals surface area contributed by atoms with Gasteiger partial charge in [-0.2, -0.15) is 0 Å². The van der Waals surface area contributed by atoms with Gasteiger partial charge in [0.15, 0.2) is 0 Å². The summed E-state index contributed by atoms with van der Waals surface area (Å²) in [5.74, 6) is 0. The van der Waals surface area contributed by atoms with Crippen LogP contribution >= 0.6 is 24.4 Å². The van der Waals surface area contributed by atoms with Crippen LogP contribution in [0.25, 0.3) is 0 Å². The molecule has 5 nitrogen and oxygen atoms in total. The molecular formula is C7H21N2NaO3S2. The molecule has 0 spiro atoms. The first-order chi connectivity index (χ1) is 6.38. The summed E-state index contributed by atoms with van der Waals surface area (Å²) in [6.07, 6.45) is 0. The fourth-order valence-corrected chi connectivity index (χ4v) is 0. The molecule has 0 aromatic rings. The van der Waals surface area contributed by atoms with Crippen LogP contribution in [0.3, 0.4) is 0 Å². The zero-order valence-electron chi connectivity index (χ0n) is 8.98. The van der Waals surface area contributed by atoms with E-state index in [2.05, 4.69) is 40.6 Å². The first-order valence-electron chi connectivity index (χ1n) is 3.84. The average molecular weight is 268 g/mol. The quantitative estimate of drug-likeness (QED) is 0.408. The zero-order chi connectivity index (χ0) is 12.6. The van der Waals surface area contributed by atoms with Crippen LogP contribution in [0, 0.1) is 0 Å². The summed E-state index contributed by atoms with van der Waals surface area (Å²) in [6.45, 7) is 6.78. The number of rotatable bonds is 1. The van der Waals surface area contributed by atoms with Gasteiger partial charge in [-0.1, -0.05) is 13.8 Å². The molecular weight excluding hydrogens is 247 g/mol. The van der Waals surface area contributed by atoms with Gasteiger partial charge < -0.3 is 26.4 Å². The average Bonchev–Trinajstić information content (AvgIpc) is 2.05. The summed E-state index contributed by atoms with van der Waals surface area (Å²) in [4.78, 5) is 0. The van der Waals surface area contributed by atoms with E-state index in [0.717, 1.165) is 6.61 Å². The Morgan fingerprint density at radius 3 is 1.20 bits per heavy atom. The Kier molecular flexibility index (Phi) is 72.2. The van der Waals surface area contributed by atoms with Gasteiger partial charge in [0, 0.05) is 13.7 Å². The molecule has 6 N–H and O–H groups in total. The number of aliphatic hydroxyl groups is 2. The Hall–Kier alpha value is 0.340. The number of hydrogen-bond donors (Lipinski definition) is 4. The SMILES string of the molecule is CC.CCOC.NC(O)=S.NC(O)=S.[NaH].